The van der Waals surface area contributed by atoms with Gasteiger partial charge in [-0.2, -0.15) is 0 Å². The first-order valence-electron chi connectivity index (χ1n) is 12.5. The fourth-order valence-corrected chi connectivity index (χ4v) is 8.54. The largest absolute Gasteiger partial charge is 0.461 e. The summed E-state index contributed by atoms with van der Waals surface area (Å²) in [5.74, 6) is -3.80. The van der Waals surface area contributed by atoms with Crippen molar-refractivity contribution in [2.45, 2.75) is 115 Å². The smallest absolute Gasteiger partial charge is 0.311 e. The van der Waals surface area contributed by atoms with E-state index in [2.05, 4.69) is 0 Å². The molecule has 2 bridgehead atoms. The van der Waals surface area contributed by atoms with Gasteiger partial charge >= 0.3 is 5.97 Å². The van der Waals surface area contributed by atoms with Crippen molar-refractivity contribution in [3.8, 4) is 0 Å². The number of ether oxygens (including phenoxy) is 1. The first kappa shape index (κ1) is 26.3. The van der Waals surface area contributed by atoms with E-state index in [1.165, 1.54) is 13.8 Å². The molecule has 0 aromatic heterocycles. The first-order chi connectivity index (χ1) is 15.4. The molecule has 4 fully saturated rings. The van der Waals surface area contributed by atoms with Crippen molar-refractivity contribution in [2.75, 3.05) is 0 Å². The van der Waals surface area contributed by atoms with Crippen molar-refractivity contribution in [2.24, 2.45) is 34.5 Å². The van der Waals surface area contributed by atoms with Crippen LogP contribution in [0.3, 0.4) is 0 Å². The quantitative estimate of drug-likeness (QED) is 0.265. The van der Waals surface area contributed by atoms with Crippen LogP contribution in [-0.4, -0.2) is 89.0 Å². The van der Waals surface area contributed by atoms with Crippen LogP contribution in [0.15, 0.2) is 0 Å². The van der Waals surface area contributed by atoms with Crippen LogP contribution in [0.5, 0.6) is 0 Å². The van der Waals surface area contributed by atoms with E-state index in [0.29, 0.717) is 12.8 Å². The van der Waals surface area contributed by atoms with E-state index in [0.717, 1.165) is 0 Å². The van der Waals surface area contributed by atoms with Crippen LogP contribution in [0, 0.1) is 34.5 Å². The summed E-state index contributed by atoms with van der Waals surface area (Å²) in [7, 11) is 0. The van der Waals surface area contributed by atoms with Gasteiger partial charge in [0.25, 0.3) is 0 Å². The summed E-state index contributed by atoms with van der Waals surface area (Å²) in [4.78, 5) is 12.9. The topological polar surface area (TPSA) is 168 Å². The van der Waals surface area contributed by atoms with E-state index in [9.17, 15) is 40.5 Å². The Morgan fingerprint density at radius 3 is 2.15 bits per heavy atom. The lowest BCUT2D eigenvalue weighted by atomic mass is 9.57. The van der Waals surface area contributed by atoms with E-state index < -0.39 is 87.8 Å². The minimum absolute atomic E-state index is 0.0860. The lowest BCUT2D eigenvalue weighted by Crippen LogP contribution is -2.62. The molecule has 4 rings (SSSR count). The van der Waals surface area contributed by atoms with Gasteiger partial charge in [0.05, 0.1) is 41.5 Å². The minimum Gasteiger partial charge on any atom is -0.461 e. The van der Waals surface area contributed by atoms with E-state index in [1.807, 2.05) is 0 Å². The molecule has 0 heterocycles. The van der Waals surface area contributed by atoms with Gasteiger partial charge in [-0.15, -0.1) is 0 Å². The summed E-state index contributed by atoms with van der Waals surface area (Å²) in [6.45, 7) is 9.33. The predicted octanol–water partition coefficient (Wildman–Crippen LogP) is -0.293. The van der Waals surface area contributed by atoms with Crippen LogP contribution in [0.4, 0.5) is 0 Å². The highest BCUT2D eigenvalue weighted by molar-refractivity contribution is 5.73. The monoisotopic (exact) mass is 486 g/mol. The molecular weight excluding hydrogens is 444 g/mol. The second-order valence-corrected chi connectivity index (χ2v) is 12.8. The Kier molecular flexibility index (Phi) is 5.87. The van der Waals surface area contributed by atoms with Crippen LogP contribution in [0.25, 0.3) is 0 Å². The molecule has 0 unspecified atom stereocenters. The third kappa shape index (κ3) is 3.07. The highest BCUT2D eigenvalue weighted by Crippen LogP contribution is 2.70. The zero-order valence-electron chi connectivity index (χ0n) is 21.0. The van der Waals surface area contributed by atoms with Crippen LogP contribution in [-0.2, 0) is 9.53 Å². The number of fused-ring (bicyclic) bond motifs is 2. The van der Waals surface area contributed by atoms with E-state index >= 15 is 0 Å². The maximum absolute atomic E-state index is 12.9. The molecular formula is C25H42O9. The number of carbonyl (C=O) groups is 1. The summed E-state index contributed by atoms with van der Waals surface area (Å²) < 4.78 is 5.97. The van der Waals surface area contributed by atoms with Crippen LogP contribution < -0.4 is 0 Å². The minimum atomic E-state index is -2.03. The van der Waals surface area contributed by atoms with Gasteiger partial charge in [-0.05, 0) is 59.3 Å². The Morgan fingerprint density at radius 2 is 1.59 bits per heavy atom. The molecule has 0 radical (unpaired) electrons. The van der Waals surface area contributed by atoms with E-state index in [1.54, 1.807) is 27.7 Å². The van der Waals surface area contributed by atoms with Crippen molar-refractivity contribution in [3.05, 3.63) is 0 Å². The van der Waals surface area contributed by atoms with Gasteiger partial charge in [-0.3, -0.25) is 4.79 Å². The Morgan fingerprint density at radius 1 is 1.00 bits per heavy atom. The number of aliphatic hydroxyl groups is 7. The third-order valence-corrected chi connectivity index (χ3v) is 10.5. The Labute approximate surface area is 200 Å². The van der Waals surface area contributed by atoms with Crippen LogP contribution >= 0.6 is 0 Å². The van der Waals surface area contributed by atoms with Crippen molar-refractivity contribution < 1.29 is 45.3 Å². The Bertz CT molecular complexity index is 838. The van der Waals surface area contributed by atoms with Crippen LogP contribution in [0.1, 0.15) is 67.2 Å². The predicted molar refractivity (Wildman–Crippen MR) is 120 cm³/mol. The van der Waals surface area contributed by atoms with Crippen molar-refractivity contribution in [1.82, 2.24) is 0 Å². The van der Waals surface area contributed by atoms with Crippen molar-refractivity contribution in [3.63, 3.8) is 0 Å². The molecule has 196 valence electrons. The van der Waals surface area contributed by atoms with Gasteiger partial charge in [0.1, 0.15) is 11.7 Å². The van der Waals surface area contributed by atoms with Gasteiger partial charge < -0.3 is 40.5 Å². The van der Waals surface area contributed by atoms with Gasteiger partial charge in [-0.25, -0.2) is 0 Å². The number of aliphatic hydroxyl groups excluding tert-OH is 4. The molecule has 0 aliphatic heterocycles. The fraction of sp³-hybridized carbons (Fsp3) is 0.960. The molecule has 7 N–H and O–H groups in total. The number of hydrogen-bond donors (Lipinski definition) is 7. The average Bonchev–Trinajstić information content (AvgIpc) is 2.89. The molecule has 0 aromatic carbocycles. The maximum atomic E-state index is 12.9. The molecule has 13 atom stereocenters. The highest BCUT2D eigenvalue weighted by Gasteiger charge is 2.79. The third-order valence-electron chi connectivity index (χ3n) is 10.5. The number of rotatable bonds is 3. The molecule has 9 heteroatoms. The van der Waals surface area contributed by atoms with Crippen molar-refractivity contribution >= 4 is 5.97 Å². The summed E-state index contributed by atoms with van der Waals surface area (Å²) in [5, 5.41) is 78.7. The van der Waals surface area contributed by atoms with Crippen molar-refractivity contribution in [1.29, 1.82) is 0 Å². The van der Waals surface area contributed by atoms with Gasteiger partial charge in [-0.1, -0.05) is 13.8 Å². The first-order valence-corrected chi connectivity index (χ1v) is 12.5. The second kappa shape index (κ2) is 7.60. The molecule has 4 saturated carbocycles. The number of hydrogen-bond acceptors (Lipinski definition) is 9. The SMILES string of the molecule is C[C@H](O)[C@H](C)C(=O)O[C@@H]1[C@H]2CC[C@H]3[C@@](C)(O)[C@@H]4[C@@H](O)[C@H](O)C(C)(C)[C@@]4(O)[C@@H](O)C[C@@]13C[C@@]2(C)O. The molecule has 9 nitrogen and oxygen atoms in total. The Balaban J connectivity index is 1.86. The zero-order chi connectivity index (χ0) is 25.8. The summed E-state index contributed by atoms with van der Waals surface area (Å²) in [6, 6.07) is 0. The zero-order valence-corrected chi connectivity index (χ0v) is 21.0. The number of esters is 1. The highest BCUT2D eigenvalue weighted by atomic mass is 16.5. The second-order valence-electron chi connectivity index (χ2n) is 12.8. The van der Waals surface area contributed by atoms with Crippen LogP contribution in [0.2, 0.25) is 0 Å². The normalized spacial score (nSPS) is 55.6. The summed E-state index contributed by atoms with van der Waals surface area (Å²) in [5.41, 5.74) is -7.47. The standard InChI is InChI=1S/C25H42O9/c1-11(12(2)26)20(30)34-19-13-7-8-14-23(6,32)17-16(28)18(29)21(3,4)25(17,33)15(27)9-24(14,19)10-22(13,5)31/h11-19,26-29,31-33H,7-10H2,1-6H3/t11-,12-,13+,14-,15-,16+,17-,18-,19+,22+,23+,24-,25+/m0/s1. The molecule has 0 amide bonds. The molecule has 0 saturated heterocycles. The van der Waals surface area contributed by atoms with E-state index in [-0.39, 0.29) is 12.8 Å². The molecule has 34 heavy (non-hydrogen) atoms. The molecule has 0 aromatic rings. The average molecular weight is 487 g/mol. The maximum Gasteiger partial charge on any atom is 0.311 e. The summed E-state index contributed by atoms with van der Waals surface area (Å²) in [6.07, 6.45) is -5.23. The molecule has 4 aliphatic rings. The molecule has 1 spiro atoms. The number of carbonyl (C=O) groups excluding carboxylic acids is 1. The van der Waals surface area contributed by atoms with Gasteiger partial charge in [0.15, 0.2) is 0 Å². The fourth-order valence-electron chi connectivity index (χ4n) is 8.54. The summed E-state index contributed by atoms with van der Waals surface area (Å²) >= 11 is 0. The molecule has 4 aliphatic carbocycles. The van der Waals surface area contributed by atoms with Gasteiger partial charge in [0, 0.05) is 22.7 Å². The lowest BCUT2D eigenvalue weighted by Gasteiger charge is -2.52. The Hall–Kier alpha value is -0.810. The van der Waals surface area contributed by atoms with E-state index in [4.69, 9.17) is 4.74 Å². The van der Waals surface area contributed by atoms with Gasteiger partial charge in [0.2, 0.25) is 0 Å². The lowest BCUT2D eigenvalue weighted by molar-refractivity contribution is -0.211.